The van der Waals surface area contributed by atoms with Crippen molar-refractivity contribution in [3.8, 4) is 0 Å². The molecule has 2 rings (SSSR count). The fourth-order valence-corrected chi connectivity index (χ4v) is 4.12. The molecule has 0 unspecified atom stereocenters. The third-order valence-corrected chi connectivity index (χ3v) is 6.22. The Balaban J connectivity index is 2.08. The second-order valence-electron chi connectivity index (χ2n) is 5.84. The Labute approximate surface area is 132 Å². The van der Waals surface area contributed by atoms with E-state index in [1.165, 1.54) is 6.92 Å². The normalized spacial score (nSPS) is 19.9. The van der Waals surface area contributed by atoms with Gasteiger partial charge in [0.25, 0.3) is 0 Å². The Morgan fingerprint density at radius 2 is 2.14 bits per heavy atom. The molecule has 1 aliphatic heterocycles. The Kier molecular flexibility index (Phi) is 5.24. The predicted octanol–water partition coefficient (Wildman–Crippen LogP) is 1.76. The van der Waals surface area contributed by atoms with E-state index in [4.69, 9.17) is 4.74 Å². The van der Waals surface area contributed by atoms with Crippen LogP contribution in [0.25, 0.3) is 0 Å². The fraction of sp³-hybridized carbons (Fsp3) is 0.562. The highest BCUT2D eigenvalue weighted by Gasteiger charge is 2.31. The molecule has 1 heterocycles. The molecule has 1 aromatic rings. The van der Waals surface area contributed by atoms with Gasteiger partial charge in [-0.3, -0.25) is 4.79 Å². The minimum absolute atomic E-state index is 0.0000323. The Morgan fingerprint density at radius 1 is 1.41 bits per heavy atom. The van der Waals surface area contributed by atoms with E-state index >= 15 is 0 Å². The molecule has 0 aliphatic carbocycles. The van der Waals surface area contributed by atoms with E-state index < -0.39 is 21.0 Å². The van der Waals surface area contributed by atoms with E-state index in [9.17, 15) is 13.2 Å². The molecule has 1 saturated heterocycles. The molecule has 22 heavy (non-hydrogen) atoms. The number of rotatable bonds is 5. The van der Waals surface area contributed by atoms with Crippen LogP contribution in [0.1, 0.15) is 30.9 Å². The number of hydrogen-bond acceptors (Lipinski definition) is 4. The molecule has 0 radical (unpaired) electrons. The molecule has 0 aromatic heterocycles. The summed E-state index contributed by atoms with van der Waals surface area (Å²) in [5, 5.41) is 1.57. The van der Waals surface area contributed by atoms with Gasteiger partial charge in [0.15, 0.2) is 9.84 Å². The second-order valence-corrected chi connectivity index (χ2v) is 8.07. The van der Waals surface area contributed by atoms with Crippen molar-refractivity contribution in [2.75, 3.05) is 13.2 Å². The van der Waals surface area contributed by atoms with Crippen LogP contribution in [0, 0.1) is 13.8 Å². The minimum Gasteiger partial charge on any atom is -0.376 e. The molecule has 1 aromatic carbocycles. The lowest BCUT2D eigenvalue weighted by atomic mass is 10.2. The van der Waals surface area contributed by atoms with Crippen LogP contribution < -0.4 is 5.32 Å². The molecule has 1 N–H and O–H groups in total. The molecular formula is C16H23NO4S. The third-order valence-electron chi connectivity index (χ3n) is 4.00. The summed E-state index contributed by atoms with van der Waals surface area (Å²) >= 11 is 0. The molecule has 122 valence electrons. The Morgan fingerprint density at radius 3 is 2.73 bits per heavy atom. The van der Waals surface area contributed by atoms with Gasteiger partial charge in [-0.1, -0.05) is 17.7 Å². The van der Waals surface area contributed by atoms with Gasteiger partial charge in [-0.25, -0.2) is 8.42 Å². The Bertz CT molecular complexity index is 648. The smallest absolute Gasteiger partial charge is 0.238 e. The van der Waals surface area contributed by atoms with Crippen LogP contribution in [-0.2, 0) is 19.4 Å². The zero-order valence-electron chi connectivity index (χ0n) is 13.3. The lowest BCUT2D eigenvalue weighted by molar-refractivity contribution is -0.120. The maximum atomic E-state index is 12.6. The highest BCUT2D eigenvalue weighted by atomic mass is 32.2. The molecule has 0 bridgehead atoms. The number of ether oxygens (including phenoxy) is 1. The van der Waals surface area contributed by atoms with Crippen molar-refractivity contribution in [3.63, 3.8) is 0 Å². The number of sulfone groups is 1. The maximum absolute atomic E-state index is 12.6. The van der Waals surface area contributed by atoms with Crippen LogP contribution in [0.5, 0.6) is 0 Å². The summed E-state index contributed by atoms with van der Waals surface area (Å²) in [6.45, 7) is 6.15. The van der Waals surface area contributed by atoms with E-state index in [-0.39, 0.29) is 11.0 Å². The van der Waals surface area contributed by atoms with Gasteiger partial charge in [0.2, 0.25) is 5.91 Å². The van der Waals surface area contributed by atoms with Crippen LogP contribution in [0.4, 0.5) is 0 Å². The van der Waals surface area contributed by atoms with E-state index in [2.05, 4.69) is 5.32 Å². The van der Waals surface area contributed by atoms with Gasteiger partial charge in [-0.15, -0.1) is 0 Å². The van der Waals surface area contributed by atoms with Gasteiger partial charge in [-0.2, -0.15) is 0 Å². The van der Waals surface area contributed by atoms with Gasteiger partial charge in [0.05, 0.1) is 11.0 Å². The SMILES string of the molecule is Cc1ccc(S(=O)(=O)[C@@H](C)C(=O)NC[C@@H]2CCCO2)c(C)c1. The highest BCUT2D eigenvalue weighted by Crippen LogP contribution is 2.21. The minimum atomic E-state index is -3.68. The first-order valence-corrected chi connectivity index (χ1v) is 9.07. The van der Waals surface area contributed by atoms with Crippen molar-refractivity contribution in [1.29, 1.82) is 0 Å². The highest BCUT2D eigenvalue weighted by molar-refractivity contribution is 7.92. The molecule has 1 fully saturated rings. The van der Waals surface area contributed by atoms with Crippen molar-refractivity contribution in [1.82, 2.24) is 5.32 Å². The van der Waals surface area contributed by atoms with Crippen LogP contribution in [0.2, 0.25) is 0 Å². The first-order chi connectivity index (χ1) is 10.3. The van der Waals surface area contributed by atoms with Gasteiger partial charge in [0, 0.05) is 13.2 Å². The summed E-state index contributed by atoms with van der Waals surface area (Å²) < 4.78 is 30.6. The molecule has 0 saturated carbocycles. The number of carbonyl (C=O) groups is 1. The van der Waals surface area contributed by atoms with Crippen molar-refractivity contribution >= 4 is 15.7 Å². The molecule has 0 spiro atoms. The van der Waals surface area contributed by atoms with Crippen LogP contribution >= 0.6 is 0 Å². The largest absolute Gasteiger partial charge is 0.376 e. The van der Waals surface area contributed by atoms with Crippen LogP contribution in [-0.4, -0.2) is 38.8 Å². The average molecular weight is 325 g/mol. The topological polar surface area (TPSA) is 72.5 Å². The van der Waals surface area contributed by atoms with Crippen LogP contribution in [0.15, 0.2) is 23.1 Å². The van der Waals surface area contributed by atoms with E-state index in [0.29, 0.717) is 18.7 Å². The summed E-state index contributed by atoms with van der Waals surface area (Å²) in [7, 11) is -3.68. The molecule has 5 nitrogen and oxygen atoms in total. The number of amides is 1. The Hall–Kier alpha value is -1.40. The number of hydrogen-bond donors (Lipinski definition) is 1. The average Bonchev–Trinajstić information content (AvgIpc) is 2.96. The number of nitrogens with one attached hydrogen (secondary N) is 1. The second kappa shape index (κ2) is 6.79. The lowest BCUT2D eigenvalue weighted by Gasteiger charge is -2.17. The molecular weight excluding hydrogens is 302 g/mol. The first kappa shape index (κ1) is 17.0. The standard InChI is InChI=1S/C16H23NO4S/c1-11-6-7-15(12(2)9-11)22(19,20)13(3)16(18)17-10-14-5-4-8-21-14/h6-7,9,13-14H,4-5,8,10H2,1-3H3,(H,17,18)/t13-,14-/m0/s1. The predicted molar refractivity (Wildman–Crippen MR) is 84.5 cm³/mol. The fourth-order valence-electron chi connectivity index (χ4n) is 2.61. The molecule has 6 heteroatoms. The maximum Gasteiger partial charge on any atom is 0.238 e. The van der Waals surface area contributed by atoms with Crippen molar-refractivity contribution in [2.45, 2.75) is 49.9 Å². The van der Waals surface area contributed by atoms with E-state index in [0.717, 1.165) is 18.4 Å². The summed E-state index contributed by atoms with van der Waals surface area (Å²) in [6, 6.07) is 5.13. The zero-order valence-corrected chi connectivity index (χ0v) is 14.1. The van der Waals surface area contributed by atoms with Gasteiger partial charge < -0.3 is 10.1 Å². The third kappa shape index (κ3) is 3.67. The monoisotopic (exact) mass is 325 g/mol. The zero-order chi connectivity index (χ0) is 16.3. The van der Waals surface area contributed by atoms with Crippen molar-refractivity contribution in [2.24, 2.45) is 0 Å². The summed E-state index contributed by atoms with van der Waals surface area (Å²) in [5.41, 5.74) is 1.66. The van der Waals surface area contributed by atoms with Gasteiger partial charge in [-0.05, 0) is 45.2 Å². The summed E-state index contributed by atoms with van der Waals surface area (Å²) in [4.78, 5) is 12.4. The quantitative estimate of drug-likeness (QED) is 0.895. The number of benzene rings is 1. The first-order valence-electron chi connectivity index (χ1n) is 7.53. The van der Waals surface area contributed by atoms with Gasteiger partial charge in [0.1, 0.15) is 5.25 Å². The number of carbonyl (C=O) groups excluding carboxylic acids is 1. The molecule has 1 aliphatic rings. The van der Waals surface area contributed by atoms with Crippen molar-refractivity contribution in [3.05, 3.63) is 29.3 Å². The van der Waals surface area contributed by atoms with Crippen LogP contribution in [0.3, 0.4) is 0 Å². The molecule has 2 atom stereocenters. The van der Waals surface area contributed by atoms with E-state index in [1.807, 2.05) is 13.0 Å². The van der Waals surface area contributed by atoms with Crippen molar-refractivity contribution < 1.29 is 17.9 Å². The lowest BCUT2D eigenvalue weighted by Crippen LogP contribution is -2.41. The molecule has 1 amide bonds. The number of aryl methyl sites for hydroxylation is 2. The summed E-state index contributed by atoms with van der Waals surface area (Å²) in [6.07, 6.45) is 1.88. The van der Waals surface area contributed by atoms with Gasteiger partial charge >= 0.3 is 0 Å². The summed E-state index contributed by atoms with van der Waals surface area (Å²) in [5.74, 6) is -0.476. The van der Waals surface area contributed by atoms with E-state index in [1.54, 1.807) is 19.1 Å².